The molecule has 1 aromatic carbocycles. The fourth-order valence-electron chi connectivity index (χ4n) is 1.79. The molecule has 0 aliphatic rings. The summed E-state index contributed by atoms with van der Waals surface area (Å²) in [5.41, 5.74) is 0.859. The van der Waals surface area contributed by atoms with E-state index in [9.17, 15) is 0 Å². The second kappa shape index (κ2) is 8.45. The van der Waals surface area contributed by atoms with Gasteiger partial charge in [0.15, 0.2) is 5.11 Å². The van der Waals surface area contributed by atoms with E-state index in [-0.39, 0.29) is 0 Å². The molecule has 0 fully saturated rings. The van der Waals surface area contributed by atoms with Crippen molar-refractivity contribution in [3.63, 3.8) is 0 Å². The van der Waals surface area contributed by atoms with Gasteiger partial charge in [-0.3, -0.25) is 0 Å². The Hall–Kier alpha value is -0.840. The van der Waals surface area contributed by atoms with Gasteiger partial charge in [0, 0.05) is 19.6 Å². The molecule has 1 aromatic rings. The summed E-state index contributed by atoms with van der Waals surface area (Å²) in [6.07, 6.45) is 0. The van der Waals surface area contributed by atoms with Crippen LogP contribution < -0.4 is 5.32 Å². The Bertz CT molecular complexity index is 435. The minimum absolute atomic E-state index is 0.558. The van der Waals surface area contributed by atoms with Crippen molar-refractivity contribution in [2.24, 2.45) is 5.92 Å². The van der Waals surface area contributed by atoms with Gasteiger partial charge in [-0.25, -0.2) is 0 Å². The van der Waals surface area contributed by atoms with E-state index in [1.807, 2.05) is 24.3 Å². The van der Waals surface area contributed by atoms with Crippen LogP contribution in [0.5, 0.6) is 0 Å². The minimum atomic E-state index is 0.558. The summed E-state index contributed by atoms with van der Waals surface area (Å²) in [6, 6.07) is 7.66. The highest BCUT2D eigenvalue weighted by molar-refractivity contribution is 7.80. The highest BCUT2D eigenvalue weighted by atomic mass is 35.5. The van der Waals surface area contributed by atoms with Crippen molar-refractivity contribution < 1.29 is 0 Å². The second-order valence-electron chi connectivity index (χ2n) is 5.55. The van der Waals surface area contributed by atoms with Gasteiger partial charge in [0.25, 0.3) is 0 Å². The smallest absolute Gasteiger partial charge is 0.173 e. The van der Waals surface area contributed by atoms with E-state index < -0.39 is 0 Å². The Morgan fingerprint density at radius 2 is 1.90 bits per heavy atom. The maximum atomic E-state index is 6.16. The SMILES string of the molecule is CC(C)CN(CCN(C)C)C(=S)Nc1ccccc1Cl. The number of para-hydroxylation sites is 1. The van der Waals surface area contributed by atoms with E-state index in [1.165, 1.54) is 0 Å². The molecule has 0 saturated heterocycles. The van der Waals surface area contributed by atoms with Gasteiger partial charge in [-0.15, -0.1) is 0 Å². The molecule has 1 rings (SSSR count). The number of benzene rings is 1. The molecule has 0 aromatic heterocycles. The fourth-order valence-corrected chi connectivity index (χ4v) is 2.25. The topological polar surface area (TPSA) is 18.5 Å². The van der Waals surface area contributed by atoms with Crippen LogP contribution in [0, 0.1) is 5.92 Å². The van der Waals surface area contributed by atoms with Crippen molar-refractivity contribution in [2.75, 3.05) is 39.0 Å². The Kier molecular flexibility index (Phi) is 7.27. The summed E-state index contributed by atoms with van der Waals surface area (Å²) in [4.78, 5) is 4.36. The van der Waals surface area contributed by atoms with E-state index >= 15 is 0 Å². The lowest BCUT2D eigenvalue weighted by molar-refractivity contribution is 0.310. The van der Waals surface area contributed by atoms with Gasteiger partial charge in [-0.2, -0.15) is 0 Å². The van der Waals surface area contributed by atoms with Gasteiger partial charge in [0.2, 0.25) is 0 Å². The van der Waals surface area contributed by atoms with Gasteiger partial charge in [-0.05, 0) is 44.4 Å². The average Bonchev–Trinajstić information content (AvgIpc) is 2.36. The molecule has 0 aliphatic heterocycles. The van der Waals surface area contributed by atoms with Crippen LogP contribution >= 0.6 is 23.8 Å². The Labute approximate surface area is 132 Å². The number of anilines is 1. The zero-order valence-corrected chi connectivity index (χ0v) is 14.3. The third kappa shape index (κ3) is 6.07. The summed E-state index contributed by atoms with van der Waals surface area (Å²) >= 11 is 11.7. The third-order valence-electron chi connectivity index (χ3n) is 2.81. The number of rotatable bonds is 6. The molecular formula is C15H24ClN3S. The van der Waals surface area contributed by atoms with Crippen molar-refractivity contribution in [3.05, 3.63) is 29.3 Å². The Balaban J connectivity index is 2.69. The quantitative estimate of drug-likeness (QED) is 0.809. The van der Waals surface area contributed by atoms with E-state index in [0.717, 1.165) is 30.4 Å². The normalized spacial score (nSPS) is 10.9. The van der Waals surface area contributed by atoms with Crippen LogP contribution in [0.2, 0.25) is 5.02 Å². The van der Waals surface area contributed by atoms with Crippen LogP contribution in [0.25, 0.3) is 0 Å². The maximum Gasteiger partial charge on any atom is 0.173 e. The lowest BCUT2D eigenvalue weighted by Gasteiger charge is -2.29. The first kappa shape index (κ1) is 17.2. The molecule has 0 bridgehead atoms. The summed E-state index contributed by atoms with van der Waals surface area (Å²) in [6.45, 7) is 7.20. The van der Waals surface area contributed by atoms with Crippen LogP contribution in [0.4, 0.5) is 5.69 Å². The van der Waals surface area contributed by atoms with Gasteiger partial charge in [-0.1, -0.05) is 37.6 Å². The van der Waals surface area contributed by atoms with Crippen molar-refractivity contribution in [2.45, 2.75) is 13.8 Å². The van der Waals surface area contributed by atoms with Crippen LogP contribution in [-0.2, 0) is 0 Å². The largest absolute Gasteiger partial charge is 0.347 e. The summed E-state index contributed by atoms with van der Waals surface area (Å²) in [5, 5.41) is 4.66. The van der Waals surface area contributed by atoms with Crippen LogP contribution in [0.1, 0.15) is 13.8 Å². The van der Waals surface area contributed by atoms with Gasteiger partial charge in [0.05, 0.1) is 10.7 Å². The monoisotopic (exact) mass is 313 g/mol. The first-order valence-corrected chi connectivity index (χ1v) is 7.64. The number of nitrogens with one attached hydrogen (secondary N) is 1. The van der Waals surface area contributed by atoms with Gasteiger partial charge >= 0.3 is 0 Å². The third-order valence-corrected chi connectivity index (χ3v) is 3.50. The van der Waals surface area contributed by atoms with Crippen molar-refractivity contribution in [1.82, 2.24) is 9.80 Å². The minimum Gasteiger partial charge on any atom is -0.347 e. The van der Waals surface area contributed by atoms with Crippen LogP contribution in [0.15, 0.2) is 24.3 Å². The van der Waals surface area contributed by atoms with E-state index in [4.69, 9.17) is 23.8 Å². The summed E-state index contributed by atoms with van der Waals surface area (Å²) < 4.78 is 0. The van der Waals surface area contributed by atoms with E-state index in [1.54, 1.807) is 0 Å². The maximum absolute atomic E-state index is 6.16. The molecule has 0 spiro atoms. The molecule has 0 radical (unpaired) electrons. The highest BCUT2D eigenvalue weighted by Crippen LogP contribution is 2.21. The van der Waals surface area contributed by atoms with Crippen molar-refractivity contribution >= 4 is 34.6 Å². The number of halogens is 1. The standard InChI is InChI=1S/C15H24ClN3S/c1-12(2)11-19(10-9-18(3)4)15(20)17-14-8-6-5-7-13(14)16/h5-8,12H,9-11H2,1-4H3,(H,17,20). The molecule has 0 saturated carbocycles. The van der Waals surface area contributed by atoms with E-state index in [2.05, 4.69) is 43.1 Å². The second-order valence-corrected chi connectivity index (χ2v) is 6.35. The van der Waals surface area contributed by atoms with Crippen molar-refractivity contribution in [3.8, 4) is 0 Å². The molecule has 0 aliphatic carbocycles. The zero-order chi connectivity index (χ0) is 15.1. The number of hydrogen-bond acceptors (Lipinski definition) is 2. The number of nitrogens with zero attached hydrogens (tertiary/aromatic N) is 2. The molecule has 0 atom stereocenters. The lowest BCUT2D eigenvalue weighted by Crippen LogP contribution is -2.41. The predicted octanol–water partition coefficient (Wildman–Crippen LogP) is 3.56. The first-order valence-electron chi connectivity index (χ1n) is 6.85. The molecular weight excluding hydrogens is 290 g/mol. The van der Waals surface area contributed by atoms with Gasteiger partial charge in [0.1, 0.15) is 0 Å². The molecule has 3 nitrogen and oxygen atoms in total. The first-order chi connectivity index (χ1) is 9.40. The number of hydrogen-bond donors (Lipinski definition) is 1. The molecule has 0 amide bonds. The number of thiocarbonyl (C=S) groups is 1. The van der Waals surface area contributed by atoms with Crippen LogP contribution in [-0.4, -0.2) is 48.6 Å². The Morgan fingerprint density at radius 3 is 2.45 bits per heavy atom. The number of likely N-dealkylation sites (N-methyl/N-ethyl adjacent to an activating group) is 1. The molecule has 1 N–H and O–H groups in total. The highest BCUT2D eigenvalue weighted by Gasteiger charge is 2.12. The van der Waals surface area contributed by atoms with Crippen molar-refractivity contribution in [1.29, 1.82) is 0 Å². The van der Waals surface area contributed by atoms with Gasteiger partial charge < -0.3 is 15.1 Å². The molecule has 112 valence electrons. The molecule has 0 heterocycles. The van der Waals surface area contributed by atoms with Crippen LogP contribution in [0.3, 0.4) is 0 Å². The summed E-state index contributed by atoms with van der Waals surface area (Å²) in [5.74, 6) is 0.558. The lowest BCUT2D eigenvalue weighted by atomic mass is 10.2. The predicted molar refractivity (Wildman–Crippen MR) is 92.6 cm³/mol. The summed E-state index contributed by atoms with van der Waals surface area (Å²) in [7, 11) is 4.14. The Morgan fingerprint density at radius 1 is 1.25 bits per heavy atom. The molecule has 20 heavy (non-hydrogen) atoms. The van der Waals surface area contributed by atoms with E-state index in [0.29, 0.717) is 10.9 Å². The average molecular weight is 314 g/mol. The molecule has 5 heteroatoms. The zero-order valence-electron chi connectivity index (χ0n) is 12.7. The fraction of sp³-hybridized carbons (Fsp3) is 0.533. The molecule has 0 unspecified atom stereocenters.